The van der Waals surface area contributed by atoms with Crippen molar-refractivity contribution in [3.05, 3.63) is 41.7 Å². The van der Waals surface area contributed by atoms with Gasteiger partial charge in [-0.25, -0.2) is 0 Å². The Morgan fingerprint density at radius 1 is 1.29 bits per heavy atom. The van der Waals surface area contributed by atoms with Crippen LogP contribution in [0.2, 0.25) is 0 Å². The monoisotopic (exact) mass is 301 g/mol. The van der Waals surface area contributed by atoms with Gasteiger partial charge < -0.3 is 9.84 Å². The van der Waals surface area contributed by atoms with Crippen LogP contribution in [0, 0.1) is 0 Å². The summed E-state index contributed by atoms with van der Waals surface area (Å²) in [5.41, 5.74) is 2.44. The van der Waals surface area contributed by atoms with E-state index in [0.717, 1.165) is 5.56 Å². The van der Waals surface area contributed by atoms with Gasteiger partial charge in [0.05, 0.1) is 0 Å². The van der Waals surface area contributed by atoms with E-state index >= 15 is 0 Å². The highest BCUT2D eigenvalue weighted by Gasteiger charge is 2.11. The quantitative estimate of drug-likeness (QED) is 0.776. The number of carbonyl (C=O) groups excluding carboxylic acids is 1. The predicted molar refractivity (Wildman–Crippen MR) is 76.6 cm³/mol. The summed E-state index contributed by atoms with van der Waals surface area (Å²) in [6.45, 7) is 0. The van der Waals surface area contributed by atoms with Crippen LogP contribution in [-0.4, -0.2) is 26.2 Å². The number of hydrogen-bond acceptors (Lipinski definition) is 7. The van der Waals surface area contributed by atoms with Gasteiger partial charge in [0, 0.05) is 18.4 Å². The smallest absolute Gasteiger partial charge is 0.227 e. The Morgan fingerprint density at radius 3 is 2.90 bits per heavy atom. The van der Waals surface area contributed by atoms with Gasteiger partial charge in [-0.2, -0.15) is 4.98 Å². The summed E-state index contributed by atoms with van der Waals surface area (Å²) in [6.07, 6.45) is 0.625. The molecule has 0 aliphatic carbocycles. The fourth-order valence-electron chi connectivity index (χ4n) is 1.69. The van der Waals surface area contributed by atoms with Crippen molar-refractivity contribution >= 4 is 22.4 Å². The molecule has 0 spiro atoms. The van der Waals surface area contributed by atoms with Gasteiger partial charge in [0.1, 0.15) is 5.51 Å². The van der Waals surface area contributed by atoms with Crippen molar-refractivity contribution in [1.29, 1.82) is 0 Å². The summed E-state index contributed by atoms with van der Waals surface area (Å²) >= 11 is 1.27. The molecule has 1 N–H and O–H groups in total. The molecule has 0 fully saturated rings. The largest absolute Gasteiger partial charge is 0.339 e. The number of aryl methyl sites for hydroxylation is 1. The van der Waals surface area contributed by atoms with Gasteiger partial charge in [-0.1, -0.05) is 46.8 Å². The summed E-state index contributed by atoms with van der Waals surface area (Å²) < 4.78 is 5.14. The van der Waals surface area contributed by atoms with E-state index in [0.29, 0.717) is 23.3 Å². The fourth-order valence-corrected chi connectivity index (χ4v) is 2.15. The summed E-state index contributed by atoms with van der Waals surface area (Å²) in [7, 11) is 0. The molecule has 21 heavy (non-hydrogen) atoms. The average Bonchev–Trinajstić information content (AvgIpc) is 3.17. The Kier molecular flexibility index (Phi) is 3.97. The maximum atomic E-state index is 11.7. The van der Waals surface area contributed by atoms with Gasteiger partial charge in [0.25, 0.3) is 0 Å². The molecule has 0 saturated carbocycles. The molecule has 0 aliphatic heterocycles. The molecular formula is C13H11N5O2S. The van der Waals surface area contributed by atoms with E-state index in [1.807, 2.05) is 30.3 Å². The lowest BCUT2D eigenvalue weighted by Crippen LogP contribution is -2.12. The van der Waals surface area contributed by atoms with Crippen LogP contribution in [0.1, 0.15) is 12.3 Å². The highest BCUT2D eigenvalue weighted by atomic mass is 32.1. The van der Waals surface area contributed by atoms with Crippen LogP contribution >= 0.6 is 11.3 Å². The lowest BCUT2D eigenvalue weighted by atomic mass is 10.2. The van der Waals surface area contributed by atoms with Crippen LogP contribution in [-0.2, 0) is 11.2 Å². The summed E-state index contributed by atoms with van der Waals surface area (Å²) in [6, 6.07) is 9.53. The predicted octanol–water partition coefficient (Wildman–Crippen LogP) is 2.16. The molecular weight excluding hydrogens is 290 g/mol. The molecule has 1 amide bonds. The molecule has 0 unspecified atom stereocenters. The third-order valence-corrected chi connectivity index (χ3v) is 3.28. The molecule has 0 atom stereocenters. The number of carbonyl (C=O) groups is 1. The Balaban J connectivity index is 1.56. The highest BCUT2D eigenvalue weighted by Crippen LogP contribution is 2.15. The second-order valence-corrected chi connectivity index (χ2v) is 5.00. The first-order valence-corrected chi connectivity index (χ1v) is 7.13. The first-order valence-electron chi connectivity index (χ1n) is 6.25. The molecule has 0 aliphatic rings. The topological polar surface area (TPSA) is 93.8 Å². The van der Waals surface area contributed by atoms with E-state index in [9.17, 15) is 4.79 Å². The van der Waals surface area contributed by atoms with Crippen LogP contribution in [0.3, 0.4) is 0 Å². The molecule has 0 saturated heterocycles. The van der Waals surface area contributed by atoms with Gasteiger partial charge >= 0.3 is 0 Å². The van der Waals surface area contributed by atoms with Crippen LogP contribution in [0.15, 0.2) is 40.4 Å². The molecule has 0 bridgehead atoms. The summed E-state index contributed by atoms with van der Waals surface area (Å²) in [5, 5.41) is 14.4. The SMILES string of the molecule is O=C(CCc1nc(-c2ccccc2)no1)Nc1nncs1. The minimum Gasteiger partial charge on any atom is -0.339 e. The fraction of sp³-hybridized carbons (Fsp3) is 0.154. The molecule has 7 nitrogen and oxygen atoms in total. The van der Waals surface area contributed by atoms with Crippen molar-refractivity contribution < 1.29 is 9.32 Å². The van der Waals surface area contributed by atoms with Gasteiger partial charge in [0.2, 0.25) is 22.8 Å². The Hall–Kier alpha value is -2.61. The molecule has 106 valence electrons. The summed E-state index contributed by atoms with van der Waals surface area (Å²) in [4.78, 5) is 16.0. The number of nitrogens with one attached hydrogen (secondary N) is 1. The number of anilines is 1. The number of hydrogen-bond donors (Lipinski definition) is 1. The number of rotatable bonds is 5. The van der Waals surface area contributed by atoms with Crippen molar-refractivity contribution in [2.45, 2.75) is 12.8 Å². The van der Waals surface area contributed by atoms with E-state index in [1.54, 1.807) is 5.51 Å². The van der Waals surface area contributed by atoms with Gasteiger partial charge in [-0.05, 0) is 0 Å². The van der Waals surface area contributed by atoms with E-state index < -0.39 is 0 Å². The maximum absolute atomic E-state index is 11.7. The second kappa shape index (κ2) is 6.23. The molecule has 1 aromatic carbocycles. The first-order chi connectivity index (χ1) is 10.3. The average molecular weight is 301 g/mol. The number of aromatic nitrogens is 4. The third kappa shape index (κ3) is 3.48. The van der Waals surface area contributed by atoms with Gasteiger partial charge in [-0.15, -0.1) is 10.2 Å². The zero-order chi connectivity index (χ0) is 14.5. The lowest BCUT2D eigenvalue weighted by molar-refractivity contribution is -0.116. The van der Waals surface area contributed by atoms with Crippen molar-refractivity contribution in [2.24, 2.45) is 0 Å². The van der Waals surface area contributed by atoms with E-state index in [-0.39, 0.29) is 12.3 Å². The van der Waals surface area contributed by atoms with Gasteiger partial charge in [-0.3, -0.25) is 4.79 Å². The minimum atomic E-state index is -0.161. The highest BCUT2D eigenvalue weighted by molar-refractivity contribution is 7.13. The first kappa shape index (κ1) is 13.4. The van der Waals surface area contributed by atoms with Crippen LogP contribution in [0.25, 0.3) is 11.4 Å². The maximum Gasteiger partial charge on any atom is 0.227 e. The van der Waals surface area contributed by atoms with Crippen molar-refractivity contribution in [2.75, 3.05) is 5.32 Å². The van der Waals surface area contributed by atoms with Crippen LogP contribution < -0.4 is 5.32 Å². The third-order valence-electron chi connectivity index (χ3n) is 2.67. The van der Waals surface area contributed by atoms with E-state index in [1.165, 1.54) is 11.3 Å². The Bertz CT molecular complexity index is 711. The van der Waals surface area contributed by atoms with E-state index in [4.69, 9.17) is 4.52 Å². The number of amides is 1. The Labute approximate surface area is 124 Å². The van der Waals surface area contributed by atoms with Crippen molar-refractivity contribution in [3.8, 4) is 11.4 Å². The Morgan fingerprint density at radius 2 is 2.14 bits per heavy atom. The van der Waals surface area contributed by atoms with Crippen LogP contribution in [0.4, 0.5) is 5.13 Å². The van der Waals surface area contributed by atoms with Crippen molar-refractivity contribution in [1.82, 2.24) is 20.3 Å². The molecule has 0 radical (unpaired) electrons. The molecule has 2 heterocycles. The second-order valence-electron chi connectivity index (χ2n) is 4.17. The zero-order valence-corrected chi connectivity index (χ0v) is 11.7. The van der Waals surface area contributed by atoms with Crippen molar-refractivity contribution in [3.63, 3.8) is 0 Å². The normalized spacial score (nSPS) is 10.5. The molecule has 3 aromatic rings. The minimum absolute atomic E-state index is 0.161. The number of nitrogens with zero attached hydrogens (tertiary/aromatic N) is 4. The molecule has 8 heteroatoms. The lowest BCUT2D eigenvalue weighted by Gasteiger charge is -1.97. The summed E-state index contributed by atoms with van der Waals surface area (Å²) in [5.74, 6) is 0.794. The van der Waals surface area contributed by atoms with Gasteiger partial charge in [0.15, 0.2) is 0 Å². The standard InChI is InChI=1S/C13H11N5O2S/c19-10(15-13-17-14-8-21-13)6-7-11-16-12(18-20-11)9-4-2-1-3-5-9/h1-5,8H,6-7H2,(H,15,17,19). The molecule has 3 rings (SSSR count). The molecule has 2 aromatic heterocycles. The van der Waals surface area contributed by atoms with Crippen LogP contribution in [0.5, 0.6) is 0 Å². The zero-order valence-electron chi connectivity index (χ0n) is 10.9. The number of benzene rings is 1. The van der Waals surface area contributed by atoms with E-state index in [2.05, 4.69) is 25.7 Å².